The zero-order chi connectivity index (χ0) is 11.4. The quantitative estimate of drug-likeness (QED) is 0.826. The number of hydrogen-bond acceptors (Lipinski definition) is 4. The molecule has 78 valence electrons. The van der Waals surface area contributed by atoms with Crippen molar-refractivity contribution in [1.29, 1.82) is 5.26 Å². The van der Waals surface area contributed by atoms with Gasteiger partial charge < -0.3 is 5.32 Å². The van der Waals surface area contributed by atoms with Gasteiger partial charge in [0.25, 0.3) is 0 Å². The first kappa shape index (κ1) is 10.1. The molecule has 0 aliphatic rings. The second-order valence-electron chi connectivity index (χ2n) is 3.40. The highest BCUT2D eigenvalue weighted by Gasteiger charge is 1.98. The molecule has 0 fully saturated rings. The van der Waals surface area contributed by atoms with Crippen LogP contribution in [-0.4, -0.2) is 9.97 Å². The highest BCUT2D eigenvalue weighted by Crippen LogP contribution is 2.13. The van der Waals surface area contributed by atoms with E-state index < -0.39 is 0 Å². The van der Waals surface area contributed by atoms with E-state index in [1.54, 1.807) is 0 Å². The van der Waals surface area contributed by atoms with Gasteiger partial charge in [-0.1, -0.05) is 12.1 Å². The summed E-state index contributed by atoms with van der Waals surface area (Å²) in [7, 11) is 0. The van der Waals surface area contributed by atoms with Gasteiger partial charge in [0.05, 0.1) is 18.0 Å². The Hall–Kier alpha value is -2.41. The van der Waals surface area contributed by atoms with E-state index in [-0.39, 0.29) is 0 Å². The first-order chi connectivity index (χ1) is 7.78. The third kappa shape index (κ3) is 2.34. The molecular weight excluding hydrogens is 200 g/mol. The van der Waals surface area contributed by atoms with Crippen LogP contribution in [-0.2, 0) is 0 Å². The lowest BCUT2D eigenvalue weighted by Gasteiger charge is -2.04. The first-order valence-electron chi connectivity index (χ1n) is 4.84. The molecule has 4 nitrogen and oxygen atoms in total. The Labute approximate surface area is 93.6 Å². The molecule has 0 aliphatic carbocycles. The first-order valence-corrected chi connectivity index (χ1v) is 4.84. The molecule has 0 saturated heterocycles. The smallest absolute Gasteiger partial charge is 0.227 e. The van der Waals surface area contributed by atoms with Crippen molar-refractivity contribution in [2.24, 2.45) is 0 Å². The molecule has 2 aromatic rings. The van der Waals surface area contributed by atoms with Crippen LogP contribution < -0.4 is 5.32 Å². The Morgan fingerprint density at radius 1 is 1.25 bits per heavy atom. The largest absolute Gasteiger partial charge is 0.324 e. The van der Waals surface area contributed by atoms with Crippen molar-refractivity contribution >= 4 is 11.6 Å². The average Bonchev–Trinajstić information content (AvgIpc) is 2.30. The molecule has 0 aliphatic heterocycles. The molecule has 0 atom stereocenters. The predicted octanol–water partition coefficient (Wildman–Crippen LogP) is 2.40. The highest BCUT2D eigenvalue weighted by molar-refractivity contribution is 5.54. The summed E-state index contributed by atoms with van der Waals surface area (Å²) in [4.78, 5) is 8.06. The van der Waals surface area contributed by atoms with Crippen molar-refractivity contribution < 1.29 is 0 Å². The van der Waals surface area contributed by atoms with Gasteiger partial charge >= 0.3 is 0 Å². The summed E-state index contributed by atoms with van der Waals surface area (Å²) in [5.41, 5.74) is 2.55. The molecule has 1 aromatic carbocycles. The van der Waals surface area contributed by atoms with Crippen LogP contribution in [0.2, 0.25) is 0 Å². The zero-order valence-electron chi connectivity index (χ0n) is 8.81. The second kappa shape index (κ2) is 4.41. The molecule has 0 amide bonds. The number of benzene rings is 1. The van der Waals surface area contributed by atoms with E-state index in [9.17, 15) is 0 Å². The van der Waals surface area contributed by atoms with E-state index >= 15 is 0 Å². The Kier molecular flexibility index (Phi) is 2.79. The van der Waals surface area contributed by atoms with Crippen LogP contribution in [0, 0.1) is 18.3 Å². The van der Waals surface area contributed by atoms with E-state index in [1.807, 2.05) is 37.3 Å². The second-order valence-corrected chi connectivity index (χ2v) is 3.40. The Balaban J connectivity index is 2.18. The van der Waals surface area contributed by atoms with Crippen LogP contribution in [0.1, 0.15) is 11.1 Å². The van der Waals surface area contributed by atoms with Crippen LogP contribution in [0.15, 0.2) is 36.7 Å². The Morgan fingerprint density at radius 2 is 2.00 bits per heavy atom. The van der Waals surface area contributed by atoms with Crippen molar-refractivity contribution in [2.75, 3.05) is 5.32 Å². The minimum Gasteiger partial charge on any atom is -0.324 e. The fourth-order valence-corrected chi connectivity index (χ4v) is 1.30. The number of nitrogens with zero attached hydrogens (tertiary/aromatic N) is 3. The fourth-order valence-electron chi connectivity index (χ4n) is 1.30. The van der Waals surface area contributed by atoms with Gasteiger partial charge in [-0.2, -0.15) is 5.26 Å². The van der Waals surface area contributed by atoms with Gasteiger partial charge in [0.2, 0.25) is 5.95 Å². The summed E-state index contributed by atoms with van der Waals surface area (Å²) < 4.78 is 0. The number of aromatic nitrogens is 2. The average molecular weight is 210 g/mol. The monoisotopic (exact) mass is 210 g/mol. The lowest BCUT2D eigenvalue weighted by atomic mass is 10.2. The summed E-state index contributed by atoms with van der Waals surface area (Å²) >= 11 is 0. The van der Waals surface area contributed by atoms with Gasteiger partial charge in [0.1, 0.15) is 6.07 Å². The van der Waals surface area contributed by atoms with Crippen LogP contribution in [0.25, 0.3) is 0 Å². The molecule has 16 heavy (non-hydrogen) atoms. The lowest BCUT2D eigenvalue weighted by molar-refractivity contribution is 1.15. The summed E-state index contributed by atoms with van der Waals surface area (Å²) in [6.07, 6.45) is 2.98. The number of rotatable bonds is 2. The summed E-state index contributed by atoms with van der Waals surface area (Å²) in [6.45, 7) is 2.02. The van der Waals surface area contributed by atoms with Crippen molar-refractivity contribution in [2.45, 2.75) is 6.92 Å². The molecule has 2 rings (SSSR count). The fraction of sp³-hybridized carbons (Fsp3) is 0.0833. The van der Waals surface area contributed by atoms with E-state index in [4.69, 9.17) is 5.26 Å². The Morgan fingerprint density at radius 3 is 2.62 bits per heavy atom. The third-order valence-electron chi connectivity index (χ3n) is 2.06. The number of anilines is 2. The van der Waals surface area contributed by atoms with Crippen molar-refractivity contribution in [1.82, 2.24) is 9.97 Å². The lowest BCUT2D eigenvalue weighted by Crippen LogP contribution is -1.96. The minimum atomic E-state index is 0.454. The SMILES string of the molecule is Cc1cccc(Nc2ncc(C#N)cn2)c1. The normalized spacial score (nSPS) is 9.50. The molecular formula is C12H10N4. The van der Waals surface area contributed by atoms with Gasteiger partial charge in [-0.15, -0.1) is 0 Å². The van der Waals surface area contributed by atoms with Crippen LogP contribution in [0.3, 0.4) is 0 Å². The van der Waals surface area contributed by atoms with E-state index in [0.717, 1.165) is 5.69 Å². The number of aryl methyl sites for hydroxylation is 1. The molecule has 1 aromatic heterocycles. The number of nitriles is 1. The van der Waals surface area contributed by atoms with Crippen LogP contribution in [0.5, 0.6) is 0 Å². The zero-order valence-corrected chi connectivity index (χ0v) is 8.81. The maximum Gasteiger partial charge on any atom is 0.227 e. The van der Waals surface area contributed by atoms with Gasteiger partial charge in [-0.3, -0.25) is 0 Å². The molecule has 0 radical (unpaired) electrons. The van der Waals surface area contributed by atoms with Gasteiger partial charge in [0.15, 0.2) is 0 Å². The maximum atomic E-state index is 8.60. The summed E-state index contributed by atoms with van der Waals surface area (Å²) in [5.74, 6) is 0.490. The minimum absolute atomic E-state index is 0.454. The van der Waals surface area contributed by atoms with Gasteiger partial charge in [0, 0.05) is 5.69 Å². The molecule has 0 spiro atoms. The highest BCUT2D eigenvalue weighted by atomic mass is 15.1. The van der Waals surface area contributed by atoms with Gasteiger partial charge in [-0.05, 0) is 24.6 Å². The molecule has 4 heteroatoms. The standard InChI is InChI=1S/C12H10N4/c1-9-3-2-4-11(5-9)16-12-14-7-10(6-13)8-15-12/h2-5,7-8H,1H3,(H,14,15,16). The molecule has 0 unspecified atom stereocenters. The summed E-state index contributed by atoms with van der Waals surface area (Å²) in [6, 6.07) is 9.89. The third-order valence-corrected chi connectivity index (χ3v) is 2.06. The molecule has 1 N–H and O–H groups in total. The maximum absolute atomic E-state index is 8.60. The molecule has 1 heterocycles. The summed E-state index contributed by atoms with van der Waals surface area (Å²) in [5, 5.41) is 11.7. The number of nitrogens with one attached hydrogen (secondary N) is 1. The Bertz CT molecular complexity index is 525. The van der Waals surface area contributed by atoms with E-state index in [0.29, 0.717) is 11.5 Å². The predicted molar refractivity (Wildman–Crippen MR) is 61.2 cm³/mol. The van der Waals surface area contributed by atoms with Crippen LogP contribution >= 0.6 is 0 Å². The van der Waals surface area contributed by atoms with E-state index in [1.165, 1.54) is 18.0 Å². The molecule has 0 bridgehead atoms. The van der Waals surface area contributed by atoms with Gasteiger partial charge in [-0.25, -0.2) is 9.97 Å². The van der Waals surface area contributed by atoms with Crippen LogP contribution in [0.4, 0.5) is 11.6 Å². The molecule has 0 saturated carbocycles. The van der Waals surface area contributed by atoms with E-state index in [2.05, 4.69) is 15.3 Å². The number of hydrogen-bond donors (Lipinski definition) is 1. The van der Waals surface area contributed by atoms with Crippen molar-refractivity contribution in [3.05, 3.63) is 47.8 Å². The topological polar surface area (TPSA) is 61.6 Å². The van der Waals surface area contributed by atoms with Crippen molar-refractivity contribution in [3.8, 4) is 6.07 Å². The van der Waals surface area contributed by atoms with Crippen molar-refractivity contribution in [3.63, 3.8) is 0 Å².